The highest BCUT2D eigenvalue weighted by atomic mass is 35.5. The van der Waals surface area contributed by atoms with Gasteiger partial charge in [0.1, 0.15) is 0 Å². The third-order valence-electron chi connectivity index (χ3n) is 3.09. The first-order chi connectivity index (χ1) is 9.49. The molecular weight excluding hydrogens is 278 g/mol. The molecule has 20 heavy (non-hydrogen) atoms. The van der Waals surface area contributed by atoms with Crippen LogP contribution in [-0.2, 0) is 12.0 Å². The number of hydrogen-bond donors (Lipinski definition) is 1. The number of hydrogen-bond acceptors (Lipinski definition) is 3. The van der Waals surface area contributed by atoms with E-state index in [1.54, 1.807) is 24.3 Å². The molecule has 0 heterocycles. The number of nitrogens with zero attached hydrogens (tertiary/aromatic N) is 1. The average Bonchev–Trinajstić information content (AvgIpc) is 2.39. The van der Waals surface area contributed by atoms with Gasteiger partial charge in [-0.05, 0) is 23.3 Å². The number of halogens is 1. The lowest BCUT2D eigenvalue weighted by Gasteiger charge is -2.25. The molecule has 0 saturated heterocycles. The molecule has 0 spiro atoms. The fourth-order valence-corrected chi connectivity index (χ4v) is 2.36. The Hall–Kier alpha value is -1.91. The van der Waals surface area contributed by atoms with Crippen molar-refractivity contribution >= 4 is 11.6 Å². The van der Waals surface area contributed by atoms with Gasteiger partial charge in [-0.1, -0.05) is 54.1 Å². The summed E-state index contributed by atoms with van der Waals surface area (Å²) in [6, 6.07) is 15.7. The molecule has 104 valence electrons. The van der Waals surface area contributed by atoms with Gasteiger partial charge in [-0.2, -0.15) is 0 Å². The third-order valence-corrected chi connectivity index (χ3v) is 3.33. The highest BCUT2D eigenvalue weighted by Gasteiger charge is 2.35. The summed E-state index contributed by atoms with van der Waals surface area (Å²) in [4.78, 5) is 10.4. The SMILES string of the molecule is O=[N+]([O-])CC(O)(Cc1ccccc1)c1cccc(Cl)c1. The first-order valence-electron chi connectivity index (χ1n) is 6.14. The third kappa shape index (κ3) is 3.56. The molecule has 0 saturated carbocycles. The lowest BCUT2D eigenvalue weighted by Crippen LogP contribution is -2.36. The minimum Gasteiger partial charge on any atom is -0.378 e. The van der Waals surface area contributed by atoms with Gasteiger partial charge in [0.2, 0.25) is 6.54 Å². The van der Waals surface area contributed by atoms with E-state index in [0.29, 0.717) is 10.6 Å². The second-order valence-electron chi connectivity index (χ2n) is 4.70. The van der Waals surface area contributed by atoms with Crippen molar-refractivity contribution in [2.45, 2.75) is 12.0 Å². The molecular formula is C15H14ClNO3. The second-order valence-corrected chi connectivity index (χ2v) is 5.13. The summed E-state index contributed by atoms with van der Waals surface area (Å²) in [6.07, 6.45) is 0.162. The van der Waals surface area contributed by atoms with Crippen LogP contribution < -0.4 is 0 Å². The van der Waals surface area contributed by atoms with Crippen molar-refractivity contribution < 1.29 is 10.0 Å². The zero-order chi connectivity index (χ0) is 14.6. The van der Waals surface area contributed by atoms with E-state index in [2.05, 4.69) is 0 Å². The fraction of sp³-hybridized carbons (Fsp3) is 0.200. The van der Waals surface area contributed by atoms with Gasteiger partial charge >= 0.3 is 0 Å². The van der Waals surface area contributed by atoms with Crippen molar-refractivity contribution in [1.29, 1.82) is 0 Å². The number of aliphatic hydroxyl groups is 1. The summed E-state index contributed by atoms with van der Waals surface area (Å²) >= 11 is 5.91. The Labute approximate surface area is 121 Å². The maximum atomic E-state index is 10.9. The van der Waals surface area contributed by atoms with E-state index < -0.39 is 17.1 Å². The van der Waals surface area contributed by atoms with Crippen molar-refractivity contribution in [1.82, 2.24) is 0 Å². The molecule has 4 nitrogen and oxygen atoms in total. The Morgan fingerprint density at radius 1 is 1.15 bits per heavy atom. The molecule has 2 aromatic carbocycles. The van der Waals surface area contributed by atoms with Gasteiger partial charge in [0, 0.05) is 16.4 Å². The molecule has 0 aromatic heterocycles. The molecule has 0 aliphatic carbocycles. The van der Waals surface area contributed by atoms with E-state index in [-0.39, 0.29) is 6.42 Å². The van der Waals surface area contributed by atoms with E-state index >= 15 is 0 Å². The topological polar surface area (TPSA) is 63.4 Å². The van der Waals surface area contributed by atoms with Crippen LogP contribution in [0.15, 0.2) is 54.6 Å². The maximum Gasteiger partial charge on any atom is 0.236 e. The maximum absolute atomic E-state index is 10.9. The molecule has 0 aliphatic rings. The molecule has 0 amide bonds. The summed E-state index contributed by atoms with van der Waals surface area (Å²) in [6.45, 7) is -0.567. The van der Waals surface area contributed by atoms with Crippen LogP contribution in [0, 0.1) is 10.1 Å². The average molecular weight is 292 g/mol. The van der Waals surface area contributed by atoms with E-state index in [0.717, 1.165) is 5.56 Å². The van der Waals surface area contributed by atoms with Crippen molar-refractivity contribution in [2.24, 2.45) is 0 Å². The van der Waals surface area contributed by atoms with Crippen LogP contribution in [-0.4, -0.2) is 16.6 Å². The quantitative estimate of drug-likeness (QED) is 0.680. The highest BCUT2D eigenvalue weighted by Crippen LogP contribution is 2.28. The minimum absolute atomic E-state index is 0.162. The number of nitro groups is 1. The molecule has 1 atom stereocenters. The predicted molar refractivity (Wildman–Crippen MR) is 77.4 cm³/mol. The Balaban J connectivity index is 2.37. The standard InChI is InChI=1S/C15H14ClNO3/c16-14-8-4-7-13(9-14)15(18,11-17(19)20)10-12-5-2-1-3-6-12/h1-9,18H,10-11H2. The summed E-state index contributed by atoms with van der Waals surface area (Å²) in [7, 11) is 0. The zero-order valence-corrected chi connectivity index (χ0v) is 11.5. The molecule has 0 fully saturated rings. The molecule has 0 radical (unpaired) electrons. The molecule has 5 heteroatoms. The molecule has 0 aliphatic heterocycles. The van der Waals surface area contributed by atoms with Crippen LogP contribution in [0.2, 0.25) is 5.02 Å². The van der Waals surface area contributed by atoms with Crippen LogP contribution in [0.1, 0.15) is 11.1 Å². The normalized spacial score (nSPS) is 13.7. The molecule has 2 aromatic rings. The lowest BCUT2D eigenvalue weighted by atomic mass is 9.87. The van der Waals surface area contributed by atoms with Crippen molar-refractivity contribution in [3.63, 3.8) is 0 Å². The van der Waals surface area contributed by atoms with E-state index in [9.17, 15) is 15.2 Å². The summed E-state index contributed by atoms with van der Waals surface area (Å²) < 4.78 is 0. The Bertz CT molecular complexity index is 603. The zero-order valence-electron chi connectivity index (χ0n) is 10.7. The van der Waals surface area contributed by atoms with Crippen LogP contribution in [0.4, 0.5) is 0 Å². The lowest BCUT2D eigenvalue weighted by molar-refractivity contribution is -0.502. The number of benzene rings is 2. The van der Waals surface area contributed by atoms with Crippen molar-refractivity contribution in [2.75, 3.05) is 6.54 Å². The first-order valence-corrected chi connectivity index (χ1v) is 6.51. The fourth-order valence-electron chi connectivity index (χ4n) is 2.17. The van der Waals surface area contributed by atoms with Crippen molar-refractivity contribution in [3.05, 3.63) is 80.9 Å². The van der Waals surface area contributed by atoms with Gasteiger partial charge in [-0.25, -0.2) is 0 Å². The van der Waals surface area contributed by atoms with Crippen LogP contribution in [0.25, 0.3) is 0 Å². The van der Waals surface area contributed by atoms with Gasteiger partial charge in [0.25, 0.3) is 0 Å². The highest BCUT2D eigenvalue weighted by molar-refractivity contribution is 6.30. The Kier molecular flexibility index (Phi) is 4.37. The van der Waals surface area contributed by atoms with Crippen LogP contribution in [0.3, 0.4) is 0 Å². The summed E-state index contributed by atoms with van der Waals surface area (Å²) in [5, 5.41) is 22.0. The smallest absolute Gasteiger partial charge is 0.236 e. The monoisotopic (exact) mass is 291 g/mol. The van der Waals surface area contributed by atoms with E-state index in [1.165, 1.54) is 0 Å². The van der Waals surface area contributed by atoms with Gasteiger partial charge in [0.05, 0.1) is 0 Å². The van der Waals surface area contributed by atoms with Crippen molar-refractivity contribution in [3.8, 4) is 0 Å². The molecule has 0 bridgehead atoms. The molecule has 2 rings (SSSR count). The Morgan fingerprint density at radius 3 is 2.45 bits per heavy atom. The molecule has 1 N–H and O–H groups in total. The largest absolute Gasteiger partial charge is 0.378 e. The first kappa shape index (κ1) is 14.5. The number of rotatable bonds is 5. The van der Waals surface area contributed by atoms with Crippen LogP contribution in [0.5, 0.6) is 0 Å². The van der Waals surface area contributed by atoms with E-state index in [1.807, 2.05) is 30.3 Å². The minimum atomic E-state index is -1.57. The van der Waals surface area contributed by atoms with Gasteiger partial charge in [-0.15, -0.1) is 0 Å². The summed E-state index contributed by atoms with van der Waals surface area (Å²) in [5.74, 6) is 0. The van der Waals surface area contributed by atoms with Gasteiger partial charge in [-0.3, -0.25) is 10.1 Å². The van der Waals surface area contributed by atoms with Gasteiger partial charge in [0.15, 0.2) is 5.60 Å². The summed E-state index contributed by atoms with van der Waals surface area (Å²) in [5.41, 5.74) is -0.294. The van der Waals surface area contributed by atoms with Gasteiger partial charge < -0.3 is 5.11 Å². The second kappa shape index (κ2) is 6.03. The molecule has 1 unspecified atom stereocenters. The Morgan fingerprint density at radius 2 is 1.85 bits per heavy atom. The van der Waals surface area contributed by atoms with Crippen LogP contribution >= 0.6 is 11.6 Å². The van der Waals surface area contributed by atoms with E-state index in [4.69, 9.17) is 11.6 Å². The predicted octanol–water partition coefficient (Wildman–Crippen LogP) is 3.05.